The van der Waals surface area contributed by atoms with E-state index in [9.17, 15) is 4.79 Å². The van der Waals surface area contributed by atoms with Gasteiger partial charge in [-0.25, -0.2) is 0 Å². The van der Waals surface area contributed by atoms with Crippen LogP contribution in [0.15, 0.2) is 36.0 Å². The summed E-state index contributed by atoms with van der Waals surface area (Å²) < 4.78 is 0. The van der Waals surface area contributed by atoms with E-state index in [2.05, 4.69) is 11.1 Å². The molecular weight excluding hydrogens is 212 g/mol. The van der Waals surface area contributed by atoms with E-state index in [0.29, 0.717) is 5.69 Å². The number of carbonyl (C=O) groups excluding carboxylic acids is 1. The van der Waals surface area contributed by atoms with Crippen LogP contribution in [-0.4, -0.2) is 10.8 Å². The molecule has 1 aromatic rings. The van der Waals surface area contributed by atoms with Gasteiger partial charge in [-0.3, -0.25) is 9.78 Å². The molecule has 3 heteroatoms. The molecule has 0 aromatic carbocycles. The van der Waals surface area contributed by atoms with Crippen LogP contribution in [0.1, 0.15) is 37.3 Å². The van der Waals surface area contributed by atoms with Gasteiger partial charge in [0.1, 0.15) is 0 Å². The van der Waals surface area contributed by atoms with Gasteiger partial charge in [-0.15, -0.1) is 0 Å². The van der Waals surface area contributed by atoms with Crippen LogP contribution in [-0.2, 0) is 4.79 Å². The van der Waals surface area contributed by atoms with E-state index in [1.54, 1.807) is 24.4 Å². The van der Waals surface area contributed by atoms with E-state index >= 15 is 0 Å². The first-order valence-corrected chi connectivity index (χ1v) is 5.86. The Morgan fingerprint density at radius 2 is 2.29 bits per heavy atom. The Bertz CT molecular complexity index is 471. The summed E-state index contributed by atoms with van der Waals surface area (Å²) in [5.74, 6) is -0.827. The SMILES string of the molecule is N#CC(C(=O)C1=CCCCC1)c1ccccn1. The van der Waals surface area contributed by atoms with E-state index < -0.39 is 5.92 Å². The second-order valence-corrected chi connectivity index (χ2v) is 4.16. The van der Waals surface area contributed by atoms with Gasteiger partial charge in [0.05, 0.1) is 11.8 Å². The smallest absolute Gasteiger partial charge is 0.181 e. The molecule has 86 valence electrons. The van der Waals surface area contributed by atoms with Crippen molar-refractivity contribution in [3.63, 3.8) is 0 Å². The molecule has 0 spiro atoms. The molecule has 3 nitrogen and oxygen atoms in total. The second-order valence-electron chi connectivity index (χ2n) is 4.16. The van der Waals surface area contributed by atoms with Gasteiger partial charge in [0.25, 0.3) is 0 Å². The van der Waals surface area contributed by atoms with Crippen molar-refractivity contribution in [1.29, 1.82) is 5.26 Å². The van der Waals surface area contributed by atoms with E-state index in [-0.39, 0.29) is 5.78 Å². The Balaban J connectivity index is 2.23. The van der Waals surface area contributed by atoms with Crippen LogP contribution in [0.5, 0.6) is 0 Å². The third kappa shape index (κ3) is 2.59. The lowest BCUT2D eigenvalue weighted by atomic mass is 9.89. The number of aromatic nitrogens is 1. The van der Waals surface area contributed by atoms with Gasteiger partial charge in [-0.1, -0.05) is 12.1 Å². The summed E-state index contributed by atoms with van der Waals surface area (Å²) in [5, 5.41) is 9.14. The number of nitrogens with zero attached hydrogens (tertiary/aromatic N) is 2. The molecular formula is C14H14N2O. The predicted molar refractivity (Wildman–Crippen MR) is 64.1 cm³/mol. The topological polar surface area (TPSA) is 53.8 Å². The van der Waals surface area contributed by atoms with Gasteiger partial charge in [-0.2, -0.15) is 5.26 Å². The molecule has 1 heterocycles. The number of pyridine rings is 1. The fourth-order valence-corrected chi connectivity index (χ4v) is 2.05. The zero-order valence-corrected chi connectivity index (χ0v) is 9.60. The highest BCUT2D eigenvalue weighted by Gasteiger charge is 2.24. The highest BCUT2D eigenvalue weighted by Crippen LogP contribution is 2.24. The lowest BCUT2D eigenvalue weighted by molar-refractivity contribution is -0.116. The number of allylic oxidation sites excluding steroid dienone is 2. The quantitative estimate of drug-likeness (QED) is 0.796. The fourth-order valence-electron chi connectivity index (χ4n) is 2.05. The van der Waals surface area contributed by atoms with Crippen LogP contribution >= 0.6 is 0 Å². The summed E-state index contributed by atoms with van der Waals surface area (Å²) in [4.78, 5) is 16.3. The standard InChI is InChI=1S/C14H14N2O/c15-10-12(13-8-4-5-9-16-13)14(17)11-6-2-1-3-7-11/h4-6,8-9,12H,1-3,7H2. The number of rotatable bonds is 3. The molecule has 0 saturated carbocycles. The van der Waals surface area contributed by atoms with E-state index in [1.807, 2.05) is 6.08 Å². The van der Waals surface area contributed by atoms with Crippen LogP contribution < -0.4 is 0 Å². The van der Waals surface area contributed by atoms with Crippen molar-refractivity contribution in [2.24, 2.45) is 0 Å². The molecule has 0 saturated heterocycles. The van der Waals surface area contributed by atoms with Crippen LogP contribution in [0.25, 0.3) is 0 Å². The Morgan fingerprint density at radius 3 is 2.88 bits per heavy atom. The Labute approximate surface area is 101 Å². The zero-order valence-electron chi connectivity index (χ0n) is 9.60. The largest absolute Gasteiger partial charge is 0.293 e. The van der Waals surface area contributed by atoms with Crippen molar-refractivity contribution >= 4 is 5.78 Å². The molecule has 0 N–H and O–H groups in total. The highest BCUT2D eigenvalue weighted by molar-refractivity contribution is 6.01. The van der Waals surface area contributed by atoms with Crippen molar-refractivity contribution in [1.82, 2.24) is 4.98 Å². The van der Waals surface area contributed by atoms with E-state index in [4.69, 9.17) is 5.26 Å². The molecule has 1 aromatic heterocycles. The van der Waals surface area contributed by atoms with Gasteiger partial charge in [-0.05, 0) is 43.4 Å². The minimum absolute atomic E-state index is 0.0779. The molecule has 1 aliphatic rings. The molecule has 0 radical (unpaired) electrons. The van der Waals surface area contributed by atoms with Gasteiger partial charge in [0.15, 0.2) is 11.7 Å². The second kappa shape index (κ2) is 5.40. The summed E-state index contributed by atoms with van der Waals surface area (Å²) in [6.07, 6.45) is 7.50. The average Bonchev–Trinajstić information content (AvgIpc) is 2.42. The molecule has 1 unspecified atom stereocenters. The summed E-state index contributed by atoms with van der Waals surface area (Å²) in [6, 6.07) is 7.37. The Kier molecular flexibility index (Phi) is 3.66. The molecule has 0 bridgehead atoms. The fraction of sp³-hybridized carbons (Fsp3) is 0.357. The molecule has 1 atom stereocenters. The monoisotopic (exact) mass is 226 g/mol. The third-order valence-electron chi connectivity index (χ3n) is 2.98. The minimum Gasteiger partial charge on any atom is -0.293 e. The molecule has 0 aliphatic heterocycles. The number of hydrogen-bond donors (Lipinski definition) is 0. The van der Waals surface area contributed by atoms with Gasteiger partial charge in [0, 0.05) is 6.20 Å². The first-order chi connectivity index (χ1) is 8.33. The average molecular weight is 226 g/mol. The lowest BCUT2D eigenvalue weighted by Crippen LogP contribution is -2.16. The van der Waals surface area contributed by atoms with Crippen molar-refractivity contribution in [2.45, 2.75) is 31.6 Å². The summed E-state index contributed by atoms with van der Waals surface area (Å²) in [5.41, 5.74) is 1.35. The molecule has 0 fully saturated rings. The van der Waals surface area contributed by atoms with Crippen molar-refractivity contribution in [3.05, 3.63) is 41.7 Å². The van der Waals surface area contributed by atoms with Gasteiger partial charge < -0.3 is 0 Å². The van der Waals surface area contributed by atoms with Crippen LogP contribution in [0, 0.1) is 11.3 Å². The Morgan fingerprint density at radius 1 is 1.41 bits per heavy atom. The highest BCUT2D eigenvalue weighted by atomic mass is 16.1. The molecule has 17 heavy (non-hydrogen) atoms. The van der Waals surface area contributed by atoms with Crippen molar-refractivity contribution < 1.29 is 4.79 Å². The number of Topliss-reactive ketones (excluding diaryl/α,β-unsaturated/α-hetero) is 1. The normalized spacial score (nSPS) is 16.8. The molecule has 0 amide bonds. The summed E-state index contributed by atoms with van der Waals surface area (Å²) in [6.45, 7) is 0. The molecule has 1 aliphatic carbocycles. The zero-order chi connectivity index (χ0) is 12.1. The maximum atomic E-state index is 12.2. The third-order valence-corrected chi connectivity index (χ3v) is 2.98. The predicted octanol–water partition coefficient (Wildman–Crippen LogP) is 2.76. The van der Waals surface area contributed by atoms with Crippen LogP contribution in [0.2, 0.25) is 0 Å². The number of hydrogen-bond acceptors (Lipinski definition) is 3. The summed E-state index contributed by atoms with van der Waals surface area (Å²) >= 11 is 0. The van der Waals surface area contributed by atoms with Crippen LogP contribution in [0.3, 0.4) is 0 Å². The first-order valence-electron chi connectivity index (χ1n) is 5.86. The van der Waals surface area contributed by atoms with Gasteiger partial charge >= 0.3 is 0 Å². The Hall–Kier alpha value is -1.95. The maximum Gasteiger partial charge on any atom is 0.181 e. The number of ketones is 1. The maximum absolute atomic E-state index is 12.2. The van der Waals surface area contributed by atoms with Gasteiger partial charge in [0.2, 0.25) is 0 Å². The van der Waals surface area contributed by atoms with Crippen molar-refractivity contribution in [3.8, 4) is 6.07 Å². The molecule has 2 rings (SSSR count). The van der Waals surface area contributed by atoms with Crippen molar-refractivity contribution in [2.75, 3.05) is 0 Å². The lowest BCUT2D eigenvalue weighted by Gasteiger charge is -2.14. The van der Waals surface area contributed by atoms with E-state index in [0.717, 1.165) is 31.3 Å². The minimum atomic E-state index is -0.749. The number of nitriles is 1. The first kappa shape index (κ1) is 11.5. The summed E-state index contributed by atoms with van der Waals surface area (Å²) in [7, 11) is 0. The van der Waals surface area contributed by atoms with Crippen LogP contribution in [0.4, 0.5) is 0 Å². The van der Waals surface area contributed by atoms with E-state index in [1.165, 1.54) is 0 Å². The number of carbonyl (C=O) groups is 1.